The molecule has 0 aromatic heterocycles. The molecule has 0 saturated carbocycles. The lowest BCUT2D eigenvalue weighted by Gasteiger charge is -2.16. The molecule has 0 radical (unpaired) electrons. The molecule has 88 valence electrons. The molecule has 0 heterocycles. The molecular weight excluding hydrogens is 204 g/mol. The number of amides is 1. The molecule has 4 nitrogen and oxygen atoms in total. The number of rotatable bonds is 4. The van der Waals surface area contributed by atoms with Gasteiger partial charge in [-0.25, -0.2) is 0 Å². The molecule has 0 spiro atoms. The molecule has 16 heavy (non-hydrogen) atoms. The highest BCUT2D eigenvalue weighted by Crippen LogP contribution is 2.25. The maximum Gasteiger partial charge on any atom is 0.258 e. The van der Waals surface area contributed by atoms with E-state index in [2.05, 4.69) is 0 Å². The number of primary amides is 1. The van der Waals surface area contributed by atoms with Gasteiger partial charge in [0.2, 0.25) is 0 Å². The van der Waals surface area contributed by atoms with Crippen LogP contribution in [-0.4, -0.2) is 12.0 Å². The number of benzene rings is 1. The Morgan fingerprint density at radius 1 is 1.38 bits per heavy atom. The largest absolute Gasteiger partial charge is 0.480 e. The summed E-state index contributed by atoms with van der Waals surface area (Å²) in [5, 5.41) is 0. The molecule has 1 aromatic rings. The number of carbonyl (C=O) groups excluding carboxylic acids is 1. The minimum atomic E-state index is -0.624. The lowest BCUT2D eigenvalue weighted by molar-refractivity contribution is -0.124. The standard InChI is InChI=1S/C12H18N2O2/c1-7-4-10(6-13)5-8(2)11(7)16-9(3)12(14)15/h4-5,9H,6,13H2,1-3H3,(H2,14,15). The van der Waals surface area contributed by atoms with Gasteiger partial charge in [0.1, 0.15) is 5.75 Å². The van der Waals surface area contributed by atoms with E-state index in [1.54, 1.807) is 6.92 Å². The zero-order valence-electron chi connectivity index (χ0n) is 9.91. The van der Waals surface area contributed by atoms with Gasteiger partial charge in [0.25, 0.3) is 5.91 Å². The first-order chi connectivity index (χ1) is 7.45. The topological polar surface area (TPSA) is 78.3 Å². The molecule has 4 N–H and O–H groups in total. The second kappa shape index (κ2) is 4.99. The maximum absolute atomic E-state index is 10.9. The van der Waals surface area contributed by atoms with Crippen molar-refractivity contribution in [1.29, 1.82) is 0 Å². The van der Waals surface area contributed by atoms with E-state index in [1.807, 2.05) is 26.0 Å². The highest BCUT2D eigenvalue weighted by molar-refractivity contribution is 5.78. The van der Waals surface area contributed by atoms with Crippen molar-refractivity contribution in [2.45, 2.75) is 33.4 Å². The van der Waals surface area contributed by atoms with Crippen molar-refractivity contribution in [3.63, 3.8) is 0 Å². The predicted molar refractivity (Wildman–Crippen MR) is 63.1 cm³/mol. The fourth-order valence-electron chi connectivity index (χ4n) is 1.58. The zero-order valence-corrected chi connectivity index (χ0v) is 9.91. The van der Waals surface area contributed by atoms with Crippen molar-refractivity contribution >= 4 is 5.91 Å². The summed E-state index contributed by atoms with van der Waals surface area (Å²) in [6, 6.07) is 3.91. The number of aryl methyl sites for hydroxylation is 2. The van der Waals surface area contributed by atoms with E-state index in [0.717, 1.165) is 16.7 Å². The summed E-state index contributed by atoms with van der Waals surface area (Å²) in [5.41, 5.74) is 13.7. The van der Waals surface area contributed by atoms with E-state index in [9.17, 15) is 4.79 Å². The van der Waals surface area contributed by atoms with Crippen LogP contribution >= 0.6 is 0 Å². The monoisotopic (exact) mass is 222 g/mol. The van der Waals surface area contributed by atoms with E-state index in [-0.39, 0.29) is 0 Å². The SMILES string of the molecule is Cc1cc(CN)cc(C)c1OC(C)C(N)=O. The van der Waals surface area contributed by atoms with Gasteiger partial charge in [0.15, 0.2) is 6.10 Å². The molecule has 1 aromatic carbocycles. The van der Waals surface area contributed by atoms with Gasteiger partial charge in [0.05, 0.1) is 0 Å². The van der Waals surface area contributed by atoms with E-state index in [4.69, 9.17) is 16.2 Å². The first kappa shape index (κ1) is 12.5. The summed E-state index contributed by atoms with van der Waals surface area (Å²) in [5.74, 6) is 0.241. The van der Waals surface area contributed by atoms with Crippen LogP contribution in [0.5, 0.6) is 5.75 Å². The third-order valence-electron chi connectivity index (χ3n) is 2.45. The Hall–Kier alpha value is -1.55. The van der Waals surface area contributed by atoms with Gasteiger partial charge in [-0.1, -0.05) is 12.1 Å². The van der Waals surface area contributed by atoms with Crippen LogP contribution in [0.1, 0.15) is 23.6 Å². The number of hydrogen-bond acceptors (Lipinski definition) is 3. The van der Waals surface area contributed by atoms with Gasteiger partial charge < -0.3 is 16.2 Å². The lowest BCUT2D eigenvalue weighted by Crippen LogP contribution is -2.31. The zero-order chi connectivity index (χ0) is 12.3. The third-order valence-corrected chi connectivity index (χ3v) is 2.45. The molecular formula is C12H18N2O2. The Labute approximate surface area is 95.6 Å². The molecule has 1 unspecified atom stereocenters. The van der Waals surface area contributed by atoms with Gasteiger partial charge in [-0.15, -0.1) is 0 Å². The highest BCUT2D eigenvalue weighted by atomic mass is 16.5. The number of nitrogens with two attached hydrogens (primary N) is 2. The van der Waals surface area contributed by atoms with Crippen molar-refractivity contribution in [2.24, 2.45) is 11.5 Å². The third kappa shape index (κ3) is 2.73. The Morgan fingerprint density at radius 3 is 2.25 bits per heavy atom. The number of hydrogen-bond donors (Lipinski definition) is 2. The second-order valence-corrected chi connectivity index (χ2v) is 3.93. The van der Waals surface area contributed by atoms with Crippen molar-refractivity contribution in [3.05, 3.63) is 28.8 Å². The quantitative estimate of drug-likeness (QED) is 0.798. The van der Waals surface area contributed by atoms with Crippen LogP contribution in [0.3, 0.4) is 0 Å². The molecule has 1 atom stereocenters. The molecule has 0 saturated heterocycles. The second-order valence-electron chi connectivity index (χ2n) is 3.93. The van der Waals surface area contributed by atoms with Crippen molar-refractivity contribution in [2.75, 3.05) is 0 Å². The minimum Gasteiger partial charge on any atom is -0.480 e. The normalized spacial score (nSPS) is 12.2. The Kier molecular flexibility index (Phi) is 3.90. The van der Waals surface area contributed by atoms with Crippen LogP contribution in [0, 0.1) is 13.8 Å². The first-order valence-corrected chi connectivity index (χ1v) is 5.22. The molecule has 0 fully saturated rings. The van der Waals surface area contributed by atoms with Crippen molar-refractivity contribution < 1.29 is 9.53 Å². The van der Waals surface area contributed by atoms with Gasteiger partial charge >= 0.3 is 0 Å². The smallest absolute Gasteiger partial charge is 0.258 e. The van der Waals surface area contributed by atoms with Gasteiger partial charge in [-0.05, 0) is 37.5 Å². The fraction of sp³-hybridized carbons (Fsp3) is 0.417. The predicted octanol–water partition coefficient (Wildman–Crippen LogP) is 1.01. The van der Waals surface area contributed by atoms with E-state index < -0.39 is 12.0 Å². The summed E-state index contributed by atoms with van der Waals surface area (Å²) in [6.07, 6.45) is -0.624. The maximum atomic E-state index is 10.9. The van der Waals surface area contributed by atoms with E-state index >= 15 is 0 Å². The average molecular weight is 222 g/mol. The van der Waals surface area contributed by atoms with Gasteiger partial charge in [-0.2, -0.15) is 0 Å². The first-order valence-electron chi connectivity index (χ1n) is 5.22. The Morgan fingerprint density at radius 2 is 1.88 bits per heavy atom. The van der Waals surface area contributed by atoms with Gasteiger partial charge in [-0.3, -0.25) is 4.79 Å². The molecule has 1 amide bonds. The summed E-state index contributed by atoms with van der Waals surface area (Å²) >= 11 is 0. The van der Waals surface area contributed by atoms with Crippen molar-refractivity contribution in [3.8, 4) is 5.75 Å². The molecule has 0 aliphatic rings. The molecule has 0 aliphatic heterocycles. The summed E-state index contributed by atoms with van der Waals surface area (Å²) in [4.78, 5) is 10.9. The van der Waals surface area contributed by atoms with E-state index in [1.165, 1.54) is 0 Å². The van der Waals surface area contributed by atoms with Crippen LogP contribution in [0.15, 0.2) is 12.1 Å². The van der Waals surface area contributed by atoms with Crippen LogP contribution in [-0.2, 0) is 11.3 Å². The molecule has 1 rings (SSSR count). The average Bonchev–Trinajstić information content (AvgIpc) is 2.22. The van der Waals surface area contributed by atoms with Crippen LogP contribution < -0.4 is 16.2 Å². The summed E-state index contributed by atoms with van der Waals surface area (Å²) in [7, 11) is 0. The lowest BCUT2D eigenvalue weighted by atomic mass is 10.1. The van der Waals surface area contributed by atoms with Crippen LogP contribution in [0.2, 0.25) is 0 Å². The molecule has 0 aliphatic carbocycles. The number of carbonyl (C=O) groups is 1. The minimum absolute atomic E-state index is 0.471. The molecule has 4 heteroatoms. The van der Waals surface area contributed by atoms with Crippen LogP contribution in [0.4, 0.5) is 0 Å². The van der Waals surface area contributed by atoms with Crippen LogP contribution in [0.25, 0.3) is 0 Å². The van der Waals surface area contributed by atoms with Gasteiger partial charge in [0, 0.05) is 6.54 Å². The Bertz CT molecular complexity index is 379. The molecule has 0 bridgehead atoms. The summed E-state index contributed by atoms with van der Waals surface area (Å²) in [6.45, 7) is 5.98. The summed E-state index contributed by atoms with van der Waals surface area (Å²) < 4.78 is 5.52. The fourth-order valence-corrected chi connectivity index (χ4v) is 1.58. The highest BCUT2D eigenvalue weighted by Gasteiger charge is 2.14. The van der Waals surface area contributed by atoms with Crippen molar-refractivity contribution in [1.82, 2.24) is 0 Å². The number of ether oxygens (including phenoxy) is 1. The van der Waals surface area contributed by atoms with E-state index in [0.29, 0.717) is 12.3 Å². The Balaban J connectivity index is 3.01.